The van der Waals surface area contributed by atoms with E-state index in [4.69, 9.17) is 15.6 Å². The number of rotatable bonds is 6. The highest BCUT2D eigenvalue weighted by molar-refractivity contribution is 5.94. The van der Waals surface area contributed by atoms with Gasteiger partial charge in [-0.15, -0.1) is 0 Å². The molecule has 0 fully saturated rings. The number of halogens is 1. The van der Waals surface area contributed by atoms with Gasteiger partial charge >= 0.3 is 12.0 Å². The van der Waals surface area contributed by atoms with Crippen molar-refractivity contribution in [1.82, 2.24) is 4.90 Å². The van der Waals surface area contributed by atoms with Gasteiger partial charge in [0, 0.05) is 11.8 Å². The Balaban J connectivity index is 2.85. The number of nitrogens with two attached hydrogens (primary N) is 1. The standard InChI is InChI=1S/C12H14FN3O5/c1-21-9-4-7(2-3-8(9)13)15-12(20)16(5-10(14)17)6-11(18)19/h2-4H,5-6H2,1H3,(H2,14,17)(H,15,20)(H,18,19). The minimum atomic E-state index is -1.30. The van der Waals surface area contributed by atoms with Crippen LogP contribution in [0.1, 0.15) is 0 Å². The molecular weight excluding hydrogens is 285 g/mol. The van der Waals surface area contributed by atoms with Crippen molar-refractivity contribution in [1.29, 1.82) is 0 Å². The third-order valence-corrected chi connectivity index (χ3v) is 2.36. The second kappa shape index (κ2) is 7.08. The van der Waals surface area contributed by atoms with E-state index in [9.17, 15) is 18.8 Å². The third kappa shape index (κ3) is 4.97. The van der Waals surface area contributed by atoms with E-state index in [2.05, 4.69) is 5.32 Å². The number of benzene rings is 1. The first kappa shape index (κ1) is 16.2. The Hall–Kier alpha value is -2.84. The first-order valence-electron chi connectivity index (χ1n) is 5.73. The molecule has 0 saturated heterocycles. The topological polar surface area (TPSA) is 122 Å². The van der Waals surface area contributed by atoms with Gasteiger partial charge in [-0.2, -0.15) is 0 Å². The third-order valence-electron chi connectivity index (χ3n) is 2.36. The molecule has 0 radical (unpaired) electrons. The summed E-state index contributed by atoms with van der Waals surface area (Å²) in [6, 6.07) is 2.70. The predicted octanol–water partition coefficient (Wildman–Crippen LogP) is 0.238. The summed E-state index contributed by atoms with van der Waals surface area (Å²) < 4.78 is 18.0. The molecule has 0 aromatic heterocycles. The second-order valence-electron chi connectivity index (χ2n) is 4.00. The zero-order chi connectivity index (χ0) is 16.0. The molecule has 1 aromatic carbocycles. The lowest BCUT2D eigenvalue weighted by Crippen LogP contribution is -2.43. The number of carboxylic acids is 1. The quantitative estimate of drug-likeness (QED) is 0.694. The fourth-order valence-corrected chi connectivity index (χ4v) is 1.49. The average Bonchev–Trinajstić information content (AvgIpc) is 2.39. The predicted molar refractivity (Wildman–Crippen MR) is 70.4 cm³/mol. The van der Waals surface area contributed by atoms with Crippen LogP contribution in [-0.2, 0) is 9.59 Å². The van der Waals surface area contributed by atoms with Crippen LogP contribution in [0.15, 0.2) is 18.2 Å². The summed E-state index contributed by atoms with van der Waals surface area (Å²) in [6.45, 7) is -1.26. The van der Waals surface area contributed by atoms with Gasteiger partial charge in [-0.1, -0.05) is 0 Å². The Morgan fingerprint density at radius 1 is 1.38 bits per heavy atom. The van der Waals surface area contributed by atoms with Crippen molar-refractivity contribution in [2.45, 2.75) is 0 Å². The highest BCUT2D eigenvalue weighted by Crippen LogP contribution is 2.21. The SMILES string of the molecule is COc1cc(NC(=O)N(CC(N)=O)CC(=O)O)ccc1F. The number of nitrogens with zero attached hydrogens (tertiary/aromatic N) is 1. The molecule has 0 heterocycles. The van der Waals surface area contributed by atoms with Crippen molar-refractivity contribution in [2.24, 2.45) is 5.73 Å². The Morgan fingerprint density at radius 2 is 2.05 bits per heavy atom. The Labute approximate surface area is 119 Å². The van der Waals surface area contributed by atoms with Crippen molar-refractivity contribution in [3.63, 3.8) is 0 Å². The number of hydrogen-bond acceptors (Lipinski definition) is 4. The van der Waals surface area contributed by atoms with Crippen molar-refractivity contribution in [3.05, 3.63) is 24.0 Å². The van der Waals surface area contributed by atoms with Crippen molar-refractivity contribution in [2.75, 3.05) is 25.5 Å². The highest BCUT2D eigenvalue weighted by Gasteiger charge is 2.19. The fraction of sp³-hybridized carbons (Fsp3) is 0.250. The number of carbonyl (C=O) groups is 3. The molecule has 8 nitrogen and oxygen atoms in total. The van der Waals surface area contributed by atoms with Crippen molar-refractivity contribution < 1.29 is 28.6 Å². The van der Waals surface area contributed by atoms with Gasteiger partial charge in [0.05, 0.1) is 7.11 Å². The first-order chi connectivity index (χ1) is 9.83. The molecule has 0 saturated carbocycles. The maximum absolute atomic E-state index is 13.2. The van der Waals surface area contributed by atoms with Crippen molar-refractivity contribution >= 4 is 23.6 Å². The lowest BCUT2D eigenvalue weighted by Gasteiger charge is -2.19. The molecule has 1 rings (SSSR count). The molecule has 0 atom stereocenters. The van der Waals surface area contributed by atoms with Crippen molar-refractivity contribution in [3.8, 4) is 5.75 Å². The van der Waals surface area contributed by atoms with E-state index >= 15 is 0 Å². The van der Waals surface area contributed by atoms with Crippen LogP contribution in [0.5, 0.6) is 5.75 Å². The van der Waals surface area contributed by atoms with E-state index in [1.54, 1.807) is 0 Å². The second-order valence-corrected chi connectivity index (χ2v) is 4.00. The maximum atomic E-state index is 13.2. The van der Waals surface area contributed by atoms with E-state index < -0.39 is 36.8 Å². The zero-order valence-corrected chi connectivity index (χ0v) is 11.1. The number of anilines is 1. The van der Waals surface area contributed by atoms with Crippen LogP contribution in [0.2, 0.25) is 0 Å². The lowest BCUT2D eigenvalue weighted by molar-refractivity contribution is -0.137. The molecule has 0 aliphatic rings. The Kier molecular flexibility index (Phi) is 5.47. The van der Waals surface area contributed by atoms with Crippen LogP contribution >= 0.6 is 0 Å². The summed E-state index contributed by atoms with van der Waals surface area (Å²) in [5, 5.41) is 11.0. The van der Waals surface area contributed by atoms with Crippen LogP contribution < -0.4 is 15.8 Å². The summed E-state index contributed by atoms with van der Waals surface area (Å²) in [6.07, 6.45) is 0. The number of carbonyl (C=O) groups excluding carboxylic acids is 2. The smallest absolute Gasteiger partial charge is 0.323 e. The number of aliphatic carboxylic acids is 1. The maximum Gasteiger partial charge on any atom is 0.323 e. The molecule has 0 bridgehead atoms. The highest BCUT2D eigenvalue weighted by atomic mass is 19.1. The van der Waals surface area contributed by atoms with Gasteiger partial charge in [-0.25, -0.2) is 9.18 Å². The Bertz CT molecular complexity index is 548. The van der Waals surface area contributed by atoms with Crippen LogP contribution in [0.3, 0.4) is 0 Å². The molecule has 4 N–H and O–H groups in total. The van der Waals surface area contributed by atoms with Crippen LogP contribution in [-0.4, -0.2) is 48.1 Å². The molecular formula is C12H14FN3O5. The summed E-state index contributed by atoms with van der Waals surface area (Å²) in [4.78, 5) is 34.1. The summed E-state index contributed by atoms with van der Waals surface area (Å²) >= 11 is 0. The lowest BCUT2D eigenvalue weighted by atomic mass is 10.3. The zero-order valence-electron chi connectivity index (χ0n) is 11.1. The van der Waals surface area contributed by atoms with Gasteiger partial charge in [0.2, 0.25) is 5.91 Å². The van der Waals surface area contributed by atoms with Crippen LogP contribution in [0.4, 0.5) is 14.9 Å². The normalized spacial score (nSPS) is 9.81. The average molecular weight is 299 g/mol. The number of urea groups is 1. The molecule has 9 heteroatoms. The number of hydrogen-bond donors (Lipinski definition) is 3. The molecule has 0 aliphatic carbocycles. The molecule has 3 amide bonds. The van der Waals surface area contributed by atoms with Gasteiger partial charge in [0.25, 0.3) is 0 Å². The van der Waals surface area contributed by atoms with E-state index in [-0.39, 0.29) is 11.4 Å². The minimum absolute atomic E-state index is 0.0903. The van der Waals surface area contributed by atoms with E-state index in [1.165, 1.54) is 19.2 Å². The summed E-state index contributed by atoms with van der Waals surface area (Å²) in [5.74, 6) is -2.87. The number of ether oxygens (including phenoxy) is 1. The van der Waals surface area contributed by atoms with E-state index in [0.717, 1.165) is 6.07 Å². The molecule has 0 unspecified atom stereocenters. The summed E-state index contributed by atoms with van der Waals surface area (Å²) in [5.41, 5.74) is 5.12. The van der Waals surface area contributed by atoms with Crippen LogP contribution in [0, 0.1) is 5.82 Å². The van der Waals surface area contributed by atoms with Gasteiger partial charge in [-0.05, 0) is 12.1 Å². The minimum Gasteiger partial charge on any atom is -0.494 e. The monoisotopic (exact) mass is 299 g/mol. The van der Waals surface area contributed by atoms with Gasteiger partial charge in [0.1, 0.15) is 13.1 Å². The molecule has 1 aromatic rings. The first-order valence-corrected chi connectivity index (χ1v) is 5.73. The fourth-order valence-electron chi connectivity index (χ4n) is 1.49. The van der Waals surface area contributed by atoms with E-state index in [1.807, 2.05) is 0 Å². The number of nitrogens with one attached hydrogen (secondary N) is 1. The van der Waals surface area contributed by atoms with Crippen LogP contribution in [0.25, 0.3) is 0 Å². The largest absolute Gasteiger partial charge is 0.494 e. The van der Waals surface area contributed by atoms with Gasteiger partial charge < -0.3 is 25.8 Å². The number of carboxylic acid groups (broad SMARTS) is 1. The number of methoxy groups -OCH3 is 1. The number of amides is 3. The molecule has 114 valence electrons. The Morgan fingerprint density at radius 3 is 2.57 bits per heavy atom. The van der Waals surface area contributed by atoms with Gasteiger partial charge in [-0.3, -0.25) is 9.59 Å². The molecule has 0 spiro atoms. The molecule has 21 heavy (non-hydrogen) atoms. The van der Waals surface area contributed by atoms with Gasteiger partial charge in [0.15, 0.2) is 11.6 Å². The summed E-state index contributed by atoms with van der Waals surface area (Å²) in [7, 11) is 1.26. The number of primary amides is 1. The molecule has 0 aliphatic heterocycles. The van der Waals surface area contributed by atoms with E-state index in [0.29, 0.717) is 4.90 Å².